The molecule has 0 fully saturated rings. The molecule has 130 valence electrons. The molecule has 10 heteroatoms. The molecule has 0 spiro atoms. The maximum Gasteiger partial charge on any atom is 0.258 e. The molecule has 0 aliphatic rings. The zero-order valence-corrected chi connectivity index (χ0v) is 16.7. The van der Waals surface area contributed by atoms with Gasteiger partial charge in [-0.15, -0.1) is 4.09 Å². The summed E-state index contributed by atoms with van der Waals surface area (Å²) in [5.41, 5.74) is 0. The van der Waals surface area contributed by atoms with Crippen molar-refractivity contribution in [1.29, 1.82) is 0 Å². The minimum Gasteiger partial charge on any atom is -0.384 e. The maximum absolute atomic E-state index is 12.5. The van der Waals surface area contributed by atoms with Crippen LogP contribution in [-0.4, -0.2) is 42.4 Å². The zero-order valence-electron chi connectivity index (χ0n) is 12.8. The monoisotopic (exact) mass is 425 g/mol. The molecule has 1 heterocycles. The van der Waals surface area contributed by atoms with Gasteiger partial charge in [0.2, 0.25) is 0 Å². The quantitative estimate of drug-likeness (QED) is 0.691. The Morgan fingerprint density at radius 1 is 1.21 bits per heavy atom. The van der Waals surface area contributed by atoms with Crippen LogP contribution in [-0.2, 0) is 10.0 Å². The summed E-state index contributed by atoms with van der Waals surface area (Å²) >= 11 is 19.2. The second-order valence-electron chi connectivity index (χ2n) is 4.97. The molecular formula is C14H14Cl3N3O2S2. The summed E-state index contributed by atoms with van der Waals surface area (Å²) in [6.45, 7) is 0. The molecule has 2 aromatic rings. The number of rotatable bonds is 6. The van der Waals surface area contributed by atoms with E-state index in [1.165, 1.54) is 12.3 Å². The van der Waals surface area contributed by atoms with Gasteiger partial charge in [0.25, 0.3) is 10.0 Å². The van der Waals surface area contributed by atoms with Crippen LogP contribution in [0.5, 0.6) is 0 Å². The smallest absolute Gasteiger partial charge is 0.258 e. The van der Waals surface area contributed by atoms with Gasteiger partial charge in [0.15, 0.2) is 0 Å². The van der Waals surface area contributed by atoms with Gasteiger partial charge in [0.05, 0.1) is 17.0 Å². The van der Waals surface area contributed by atoms with Gasteiger partial charge in [-0.25, -0.2) is 8.42 Å². The van der Waals surface area contributed by atoms with Crippen molar-refractivity contribution in [3.8, 4) is 0 Å². The Kier molecular flexibility index (Phi) is 6.50. The van der Waals surface area contributed by atoms with Crippen LogP contribution in [0.15, 0.2) is 46.6 Å². The molecule has 0 atom stereocenters. The highest BCUT2D eigenvalue weighted by Gasteiger charge is 2.21. The van der Waals surface area contributed by atoms with E-state index in [1.807, 2.05) is 0 Å². The minimum atomic E-state index is -3.69. The molecular weight excluding hydrogens is 413 g/mol. The molecule has 0 unspecified atom stereocenters. The number of halogens is 3. The molecule has 0 saturated carbocycles. The van der Waals surface area contributed by atoms with E-state index >= 15 is 0 Å². The van der Waals surface area contributed by atoms with E-state index in [-0.39, 0.29) is 15.8 Å². The Bertz CT molecular complexity index is 844. The fraction of sp³-hybridized carbons (Fsp3) is 0.214. The summed E-state index contributed by atoms with van der Waals surface area (Å²) < 4.78 is 25.9. The number of hydrogen-bond donors (Lipinski definition) is 0. The fourth-order valence-electron chi connectivity index (χ4n) is 1.73. The first-order valence-corrected chi connectivity index (χ1v) is 10.2. The molecule has 5 nitrogen and oxygen atoms in total. The molecule has 0 radical (unpaired) electrons. The van der Waals surface area contributed by atoms with Crippen LogP contribution in [0.25, 0.3) is 0 Å². The fourth-order valence-corrected chi connectivity index (χ4v) is 5.01. The van der Waals surface area contributed by atoms with Gasteiger partial charge < -0.3 is 4.90 Å². The molecule has 0 bridgehead atoms. The lowest BCUT2D eigenvalue weighted by Crippen LogP contribution is -2.18. The van der Waals surface area contributed by atoms with E-state index in [9.17, 15) is 8.42 Å². The third-order valence-corrected chi connectivity index (χ3v) is 6.09. The van der Waals surface area contributed by atoms with Gasteiger partial charge in [-0.05, 0) is 24.4 Å². The summed E-state index contributed by atoms with van der Waals surface area (Å²) in [7, 11) is -0.0780. The van der Waals surface area contributed by atoms with Crippen LogP contribution in [0.4, 0.5) is 0 Å². The largest absolute Gasteiger partial charge is 0.384 e. The van der Waals surface area contributed by atoms with Crippen molar-refractivity contribution in [2.45, 2.75) is 9.92 Å². The number of aromatic nitrogens is 2. The average Bonchev–Trinajstić information content (AvgIpc) is 2.79. The predicted molar refractivity (Wildman–Crippen MR) is 99.8 cm³/mol. The molecule has 0 amide bonds. The first kappa shape index (κ1) is 19.5. The summed E-state index contributed by atoms with van der Waals surface area (Å²) in [4.78, 5) is 2.41. The Balaban J connectivity index is 2.34. The predicted octanol–water partition coefficient (Wildman–Crippen LogP) is 4.25. The van der Waals surface area contributed by atoms with E-state index in [4.69, 9.17) is 34.8 Å². The SMILES string of the molecule is CN(C)C=CCS(=O)(=O)n1ncc(Cl)c1Sc1cc(Cl)cc(Cl)c1. The summed E-state index contributed by atoms with van der Waals surface area (Å²) in [6, 6.07) is 4.93. The van der Waals surface area contributed by atoms with E-state index in [0.717, 1.165) is 15.8 Å². The summed E-state index contributed by atoms with van der Waals surface area (Å²) in [6.07, 6.45) is 4.49. The highest BCUT2D eigenvalue weighted by molar-refractivity contribution is 8.00. The van der Waals surface area contributed by atoms with Crippen molar-refractivity contribution < 1.29 is 8.42 Å². The first-order chi connectivity index (χ1) is 11.2. The van der Waals surface area contributed by atoms with E-state index in [2.05, 4.69) is 5.10 Å². The number of hydrogen-bond acceptors (Lipinski definition) is 5. The van der Waals surface area contributed by atoms with Crippen LogP contribution in [0, 0.1) is 0 Å². The van der Waals surface area contributed by atoms with Gasteiger partial charge in [-0.2, -0.15) is 5.10 Å². The van der Waals surface area contributed by atoms with Gasteiger partial charge in [0, 0.05) is 29.0 Å². The van der Waals surface area contributed by atoms with Gasteiger partial charge >= 0.3 is 0 Å². The highest BCUT2D eigenvalue weighted by Crippen LogP contribution is 2.36. The topological polar surface area (TPSA) is 55.2 Å². The lowest BCUT2D eigenvalue weighted by molar-refractivity contribution is 0.560. The Morgan fingerprint density at radius 3 is 2.42 bits per heavy atom. The third kappa shape index (κ3) is 5.07. The molecule has 0 aliphatic heterocycles. The maximum atomic E-state index is 12.5. The van der Waals surface area contributed by atoms with Crippen molar-refractivity contribution in [2.24, 2.45) is 0 Å². The van der Waals surface area contributed by atoms with Crippen molar-refractivity contribution in [3.63, 3.8) is 0 Å². The molecule has 0 saturated heterocycles. The van der Waals surface area contributed by atoms with E-state index in [0.29, 0.717) is 14.9 Å². The molecule has 1 aromatic carbocycles. The average molecular weight is 427 g/mol. The summed E-state index contributed by atoms with van der Waals surface area (Å²) in [5.74, 6) is -0.201. The van der Waals surface area contributed by atoms with Gasteiger partial charge in [0.1, 0.15) is 5.03 Å². The van der Waals surface area contributed by atoms with Crippen LogP contribution in [0.2, 0.25) is 15.1 Å². The van der Waals surface area contributed by atoms with Crippen LogP contribution < -0.4 is 0 Å². The second kappa shape index (κ2) is 8.01. The van der Waals surface area contributed by atoms with Crippen molar-refractivity contribution in [3.05, 3.63) is 51.7 Å². The van der Waals surface area contributed by atoms with Crippen LogP contribution in [0.3, 0.4) is 0 Å². The van der Waals surface area contributed by atoms with Crippen molar-refractivity contribution >= 4 is 56.6 Å². The Labute approximate surface area is 160 Å². The summed E-state index contributed by atoms with van der Waals surface area (Å²) in [5, 5.41) is 5.30. The minimum absolute atomic E-state index is 0.201. The van der Waals surface area contributed by atoms with Gasteiger partial charge in [-0.3, -0.25) is 0 Å². The van der Waals surface area contributed by atoms with Crippen LogP contribution in [0.1, 0.15) is 0 Å². The zero-order chi connectivity index (χ0) is 17.9. The highest BCUT2D eigenvalue weighted by atomic mass is 35.5. The second-order valence-corrected chi connectivity index (χ2v) is 9.16. The normalized spacial score (nSPS) is 12.0. The molecule has 0 aliphatic carbocycles. The van der Waals surface area contributed by atoms with Crippen molar-refractivity contribution in [2.75, 3.05) is 19.8 Å². The van der Waals surface area contributed by atoms with Crippen molar-refractivity contribution in [1.82, 2.24) is 14.1 Å². The first-order valence-electron chi connectivity index (χ1n) is 6.63. The molecule has 0 N–H and O–H groups in total. The lowest BCUT2D eigenvalue weighted by atomic mass is 10.4. The van der Waals surface area contributed by atoms with Crippen LogP contribution >= 0.6 is 46.6 Å². The Morgan fingerprint density at radius 2 is 1.83 bits per heavy atom. The lowest BCUT2D eigenvalue weighted by Gasteiger charge is -2.09. The number of benzene rings is 1. The Hall–Kier alpha value is -0.860. The van der Waals surface area contributed by atoms with Gasteiger partial charge in [-0.1, -0.05) is 52.6 Å². The number of nitrogens with zero attached hydrogens (tertiary/aromatic N) is 3. The molecule has 24 heavy (non-hydrogen) atoms. The van der Waals surface area contributed by atoms with E-state index < -0.39 is 10.0 Å². The third-order valence-electron chi connectivity index (χ3n) is 2.68. The standard InChI is InChI=1S/C14H14Cl3N3O2S2/c1-19(2)4-3-5-24(21,22)20-14(13(17)9-18-20)23-12-7-10(15)6-11(16)8-12/h3-4,6-9H,5H2,1-2H3. The molecule has 1 aromatic heterocycles. The molecule has 2 rings (SSSR count). The van der Waals surface area contributed by atoms with E-state index in [1.54, 1.807) is 43.4 Å².